The lowest BCUT2D eigenvalue weighted by Gasteiger charge is -2.31. The number of hydrogen-bond acceptors (Lipinski definition) is 5. The lowest BCUT2D eigenvalue weighted by atomic mass is 10.0. The van der Waals surface area contributed by atoms with Gasteiger partial charge in [-0.3, -0.25) is 0 Å². The van der Waals surface area contributed by atoms with Gasteiger partial charge in [0.1, 0.15) is 5.82 Å². The number of thiazole rings is 1. The molecule has 0 bridgehead atoms. The van der Waals surface area contributed by atoms with Gasteiger partial charge in [-0.15, -0.1) is 11.3 Å². The van der Waals surface area contributed by atoms with E-state index < -0.39 is 20.9 Å². The molecule has 0 aliphatic carbocycles. The van der Waals surface area contributed by atoms with Crippen molar-refractivity contribution < 1.29 is 12.8 Å². The Kier molecular flexibility index (Phi) is 6.37. The predicted molar refractivity (Wildman–Crippen MR) is 125 cm³/mol. The van der Waals surface area contributed by atoms with Gasteiger partial charge in [-0.05, 0) is 56.0 Å². The highest BCUT2D eigenvalue weighted by Crippen LogP contribution is 2.31. The summed E-state index contributed by atoms with van der Waals surface area (Å²) in [6.07, 6.45) is 1.80. The third-order valence-corrected chi connectivity index (χ3v) is 9.29. The first-order valence-electron chi connectivity index (χ1n) is 10.2. The Morgan fingerprint density at radius 2 is 1.90 bits per heavy atom. The topological polar surface area (TPSA) is 50.3 Å². The van der Waals surface area contributed by atoms with Crippen LogP contribution in [0.2, 0.25) is 5.02 Å². The maximum Gasteiger partial charge on any atom is 0.185 e. The van der Waals surface area contributed by atoms with E-state index in [-0.39, 0.29) is 9.92 Å². The van der Waals surface area contributed by atoms with Gasteiger partial charge in [0.2, 0.25) is 0 Å². The summed E-state index contributed by atoms with van der Waals surface area (Å²) >= 11 is 7.39. The second kappa shape index (κ2) is 8.88. The molecule has 8 heteroatoms. The molecule has 31 heavy (non-hydrogen) atoms. The Morgan fingerprint density at radius 1 is 1.16 bits per heavy atom. The molecule has 0 saturated carbocycles. The Bertz CT molecular complexity index is 1200. The molecule has 0 N–H and O–H groups in total. The highest BCUT2D eigenvalue weighted by atomic mass is 35.5. The van der Waals surface area contributed by atoms with Gasteiger partial charge < -0.3 is 4.90 Å². The molecule has 3 aromatic rings. The molecule has 0 spiro atoms. The van der Waals surface area contributed by atoms with Crippen molar-refractivity contribution in [2.75, 3.05) is 18.0 Å². The van der Waals surface area contributed by atoms with E-state index in [0.717, 1.165) is 23.3 Å². The highest BCUT2D eigenvalue weighted by Gasteiger charge is 2.32. The third kappa shape index (κ3) is 4.78. The Balaban J connectivity index is 1.42. The summed E-state index contributed by atoms with van der Waals surface area (Å²) in [4.78, 5) is 7.04. The number of aromatic nitrogens is 1. The molecule has 1 fully saturated rings. The summed E-state index contributed by atoms with van der Waals surface area (Å²) in [6, 6.07) is 10.1. The SMILES string of the molecule is Cc1ccc(C)c(Cc2csc(N3CCC(S(=O)(=O)c4ccc(F)c(Cl)c4)CC3)n2)c1. The highest BCUT2D eigenvalue weighted by molar-refractivity contribution is 7.92. The average Bonchev–Trinajstić information content (AvgIpc) is 3.21. The normalized spacial score (nSPS) is 15.4. The molecule has 1 aliphatic rings. The summed E-state index contributed by atoms with van der Waals surface area (Å²) in [7, 11) is -3.55. The Morgan fingerprint density at radius 3 is 2.61 bits per heavy atom. The van der Waals surface area contributed by atoms with E-state index in [0.29, 0.717) is 25.9 Å². The van der Waals surface area contributed by atoms with Crippen molar-refractivity contribution >= 4 is 37.9 Å². The fourth-order valence-electron chi connectivity index (χ4n) is 3.91. The Hall–Kier alpha value is -1.96. The zero-order chi connectivity index (χ0) is 22.2. The van der Waals surface area contributed by atoms with Crippen LogP contribution in [0.1, 0.15) is 35.2 Å². The number of rotatable bonds is 5. The van der Waals surface area contributed by atoms with Crippen LogP contribution in [0.25, 0.3) is 0 Å². The smallest absolute Gasteiger partial charge is 0.185 e. The van der Waals surface area contributed by atoms with Crippen molar-refractivity contribution in [3.63, 3.8) is 0 Å². The van der Waals surface area contributed by atoms with Crippen molar-refractivity contribution in [3.05, 3.63) is 75.0 Å². The first-order valence-corrected chi connectivity index (χ1v) is 13.0. The predicted octanol–water partition coefficient (Wildman–Crippen LogP) is 5.59. The number of sulfone groups is 1. The quantitative estimate of drug-likeness (QED) is 0.449. The van der Waals surface area contributed by atoms with Crippen molar-refractivity contribution in [1.82, 2.24) is 4.98 Å². The third-order valence-electron chi connectivity index (χ3n) is 5.79. The second-order valence-electron chi connectivity index (χ2n) is 8.04. The van der Waals surface area contributed by atoms with Gasteiger partial charge >= 0.3 is 0 Å². The second-order valence-corrected chi connectivity index (χ2v) is 11.5. The number of halogens is 2. The molecule has 4 nitrogen and oxygen atoms in total. The first kappa shape index (κ1) is 22.2. The van der Waals surface area contributed by atoms with Crippen LogP contribution in [-0.2, 0) is 16.3 Å². The van der Waals surface area contributed by atoms with Crippen LogP contribution in [0.15, 0.2) is 46.7 Å². The van der Waals surface area contributed by atoms with E-state index in [1.807, 2.05) is 0 Å². The van der Waals surface area contributed by atoms with E-state index in [1.165, 1.54) is 28.8 Å². The largest absolute Gasteiger partial charge is 0.348 e. The van der Waals surface area contributed by atoms with E-state index in [1.54, 1.807) is 11.3 Å². The first-order chi connectivity index (χ1) is 14.7. The lowest BCUT2D eigenvalue weighted by molar-refractivity contribution is 0.529. The molecular formula is C23H24ClFN2O2S2. The van der Waals surface area contributed by atoms with Gasteiger partial charge in [-0.2, -0.15) is 0 Å². The van der Waals surface area contributed by atoms with Crippen LogP contribution in [0.4, 0.5) is 9.52 Å². The molecule has 2 heterocycles. The van der Waals surface area contributed by atoms with Crippen LogP contribution < -0.4 is 4.90 Å². The fraction of sp³-hybridized carbons (Fsp3) is 0.348. The van der Waals surface area contributed by atoms with Gasteiger partial charge in [0.05, 0.1) is 20.9 Å². The van der Waals surface area contributed by atoms with Crippen molar-refractivity contribution in [2.45, 2.75) is 43.3 Å². The van der Waals surface area contributed by atoms with Crippen molar-refractivity contribution in [1.29, 1.82) is 0 Å². The number of hydrogen-bond donors (Lipinski definition) is 0. The zero-order valence-corrected chi connectivity index (χ0v) is 19.8. The molecule has 2 aromatic carbocycles. The van der Waals surface area contributed by atoms with Gasteiger partial charge in [-0.1, -0.05) is 35.4 Å². The van der Waals surface area contributed by atoms with Crippen LogP contribution >= 0.6 is 22.9 Å². The molecule has 1 aromatic heterocycles. The monoisotopic (exact) mass is 478 g/mol. The Labute approximate surface area is 191 Å². The molecular weight excluding hydrogens is 455 g/mol. The number of aryl methyl sites for hydroxylation is 2. The van der Waals surface area contributed by atoms with Gasteiger partial charge in [-0.25, -0.2) is 17.8 Å². The summed E-state index contributed by atoms with van der Waals surface area (Å²) < 4.78 is 39.3. The summed E-state index contributed by atoms with van der Waals surface area (Å²) in [5.74, 6) is -0.615. The maximum absolute atomic E-state index is 13.4. The summed E-state index contributed by atoms with van der Waals surface area (Å²) in [5, 5.41) is 2.35. The minimum Gasteiger partial charge on any atom is -0.348 e. The average molecular weight is 479 g/mol. The number of benzene rings is 2. The standard InChI is InChI=1S/C23H24ClFN2O2S2/c1-15-3-4-16(2)17(11-15)12-18-14-30-23(26-18)27-9-7-19(8-10-27)31(28,29)20-5-6-22(25)21(24)13-20/h3-6,11,13-14,19H,7-10,12H2,1-2H3. The minimum atomic E-state index is -3.55. The van der Waals surface area contributed by atoms with E-state index in [4.69, 9.17) is 16.6 Å². The minimum absolute atomic E-state index is 0.0856. The summed E-state index contributed by atoms with van der Waals surface area (Å²) in [6.45, 7) is 5.44. The molecule has 0 amide bonds. The van der Waals surface area contributed by atoms with E-state index in [9.17, 15) is 12.8 Å². The molecule has 4 rings (SSSR count). The maximum atomic E-state index is 13.4. The molecule has 0 radical (unpaired) electrons. The van der Waals surface area contributed by atoms with Crippen LogP contribution in [-0.4, -0.2) is 31.7 Å². The van der Waals surface area contributed by atoms with Crippen LogP contribution in [0, 0.1) is 19.7 Å². The fourth-order valence-corrected chi connectivity index (χ4v) is 6.79. The molecule has 164 valence electrons. The van der Waals surface area contributed by atoms with Crippen molar-refractivity contribution in [2.24, 2.45) is 0 Å². The molecule has 1 aliphatic heterocycles. The number of nitrogens with zero attached hydrogens (tertiary/aromatic N) is 2. The van der Waals surface area contributed by atoms with Gasteiger partial charge in [0, 0.05) is 24.9 Å². The van der Waals surface area contributed by atoms with Gasteiger partial charge in [0.25, 0.3) is 0 Å². The molecule has 1 saturated heterocycles. The summed E-state index contributed by atoms with van der Waals surface area (Å²) in [5.41, 5.74) is 4.80. The zero-order valence-electron chi connectivity index (χ0n) is 17.4. The van der Waals surface area contributed by atoms with E-state index in [2.05, 4.69) is 42.3 Å². The van der Waals surface area contributed by atoms with Crippen LogP contribution in [0.5, 0.6) is 0 Å². The lowest BCUT2D eigenvalue weighted by Crippen LogP contribution is -2.39. The molecule has 0 atom stereocenters. The van der Waals surface area contributed by atoms with Crippen molar-refractivity contribution in [3.8, 4) is 0 Å². The van der Waals surface area contributed by atoms with Crippen LogP contribution in [0.3, 0.4) is 0 Å². The van der Waals surface area contributed by atoms with E-state index >= 15 is 0 Å². The number of anilines is 1. The number of piperidine rings is 1. The van der Waals surface area contributed by atoms with Gasteiger partial charge in [0.15, 0.2) is 15.0 Å². The molecule has 0 unspecified atom stereocenters.